The first-order valence-electron chi connectivity index (χ1n) is 5.76. The molecule has 0 saturated carbocycles. The molecule has 1 aromatic carbocycles. The van der Waals surface area contributed by atoms with E-state index in [2.05, 4.69) is 0 Å². The summed E-state index contributed by atoms with van der Waals surface area (Å²) in [4.78, 5) is 0. The predicted octanol–water partition coefficient (Wildman–Crippen LogP) is 3.74. The van der Waals surface area contributed by atoms with Gasteiger partial charge in [-0.25, -0.2) is 0 Å². The summed E-state index contributed by atoms with van der Waals surface area (Å²) >= 11 is 0. The van der Waals surface area contributed by atoms with E-state index < -0.39 is 7.29 Å². The first-order chi connectivity index (χ1) is 7.96. The molecule has 0 amide bonds. The van der Waals surface area contributed by atoms with Gasteiger partial charge < -0.3 is 4.34 Å². The third-order valence-corrected chi connectivity index (χ3v) is 6.66. The van der Waals surface area contributed by atoms with Crippen LogP contribution in [0.2, 0.25) is 0 Å². The van der Waals surface area contributed by atoms with Crippen LogP contribution in [0.3, 0.4) is 0 Å². The fourth-order valence-corrected chi connectivity index (χ4v) is 4.85. The van der Waals surface area contributed by atoms with Crippen molar-refractivity contribution in [3.05, 3.63) is 54.9 Å². The van der Waals surface area contributed by atoms with Crippen LogP contribution in [0.15, 0.2) is 54.9 Å². The lowest BCUT2D eigenvalue weighted by Crippen LogP contribution is -2.27. The molecule has 2 rings (SSSR count). The minimum atomic E-state index is -2.64. The molecule has 0 radical (unpaired) electrons. The Bertz CT molecular complexity index is 523. The lowest BCUT2D eigenvalue weighted by Gasteiger charge is -2.32. The van der Waals surface area contributed by atoms with Crippen LogP contribution in [0.1, 0.15) is 20.8 Å². The summed E-state index contributed by atoms with van der Waals surface area (Å²) in [6, 6.07) is 13.6. The summed E-state index contributed by atoms with van der Waals surface area (Å²) in [6.07, 6.45) is 3.78. The van der Waals surface area contributed by atoms with Crippen molar-refractivity contribution in [1.29, 1.82) is 0 Å². The molecule has 0 aliphatic rings. The Morgan fingerprint density at radius 3 is 1.94 bits per heavy atom. The van der Waals surface area contributed by atoms with Crippen LogP contribution >= 0.6 is 7.29 Å². The molecule has 0 spiro atoms. The van der Waals surface area contributed by atoms with Gasteiger partial charge in [0.2, 0.25) is 7.29 Å². The molecule has 2 aromatic rings. The van der Waals surface area contributed by atoms with Crippen molar-refractivity contribution >= 4 is 12.6 Å². The first kappa shape index (κ1) is 12.2. The van der Waals surface area contributed by atoms with Crippen molar-refractivity contribution < 1.29 is 4.57 Å². The zero-order valence-corrected chi connectivity index (χ0v) is 11.4. The highest BCUT2D eigenvalue weighted by atomic mass is 31.2. The number of benzene rings is 1. The van der Waals surface area contributed by atoms with E-state index in [4.69, 9.17) is 0 Å². The molecule has 0 unspecified atom stereocenters. The van der Waals surface area contributed by atoms with E-state index in [1.807, 2.05) is 80.0 Å². The topological polar surface area (TPSA) is 22.0 Å². The van der Waals surface area contributed by atoms with E-state index in [-0.39, 0.29) is 5.16 Å². The summed E-state index contributed by atoms with van der Waals surface area (Å²) < 4.78 is 15.3. The van der Waals surface area contributed by atoms with Crippen molar-refractivity contribution in [3.63, 3.8) is 0 Å². The van der Waals surface area contributed by atoms with Crippen molar-refractivity contribution in [1.82, 2.24) is 4.34 Å². The predicted molar refractivity (Wildman–Crippen MR) is 73.3 cm³/mol. The van der Waals surface area contributed by atoms with Crippen LogP contribution in [0.4, 0.5) is 0 Å². The highest BCUT2D eigenvalue weighted by molar-refractivity contribution is 7.71. The second kappa shape index (κ2) is 4.19. The molecule has 1 aromatic heterocycles. The van der Waals surface area contributed by atoms with Gasteiger partial charge in [0, 0.05) is 22.9 Å². The van der Waals surface area contributed by atoms with Gasteiger partial charge in [-0.05, 0) is 24.3 Å². The minimum Gasteiger partial charge on any atom is -0.301 e. The van der Waals surface area contributed by atoms with Gasteiger partial charge in [-0.15, -0.1) is 0 Å². The fourth-order valence-electron chi connectivity index (χ4n) is 2.01. The standard InChI is InChI=1S/C14H18NOP/c1-14(2,3)17(16,15-11-7-8-12-15)13-9-5-4-6-10-13/h4-12H,1-3H3/t17-/m0/s1. The van der Waals surface area contributed by atoms with Gasteiger partial charge >= 0.3 is 0 Å². The van der Waals surface area contributed by atoms with E-state index in [1.165, 1.54) is 0 Å². The molecule has 0 bridgehead atoms. The molecule has 3 heteroatoms. The maximum absolute atomic E-state index is 13.5. The van der Waals surface area contributed by atoms with E-state index in [1.54, 1.807) is 0 Å². The third kappa shape index (κ3) is 1.98. The lowest BCUT2D eigenvalue weighted by atomic mass is 10.3. The van der Waals surface area contributed by atoms with E-state index in [0.717, 1.165) is 5.30 Å². The van der Waals surface area contributed by atoms with Crippen LogP contribution in [-0.2, 0) is 4.57 Å². The van der Waals surface area contributed by atoms with Gasteiger partial charge in [-0.3, -0.25) is 4.57 Å². The maximum atomic E-state index is 13.5. The molecule has 90 valence electrons. The van der Waals surface area contributed by atoms with E-state index in [9.17, 15) is 4.57 Å². The number of hydrogen-bond donors (Lipinski definition) is 0. The summed E-state index contributed by atoms with van der Waals surface area (Å²) in [6.45, 7) is 6.09. The second-order valence-electron chi connectivity index (χ2n) is 5.15. The van der Waals surface area contributed by atoms with E-state index >= 15 is 0 Å². The second-order valence-corrected chi connectivity index (χ2v) is 8.62. The van der Waals surface area contributed by atoms with Gasteiger partial charge in [0.1, 0.15) is 0 Å². The molecule has 0 saturated heterocycles. The molecule has 2 nitrogen and oxygen atoms in total. The molecule has 0 aliphatic heterocycles. The largest absolute Gasteiger partial charge is 0.301 e. The summed E-state index contributed by atoms with van der Waals surface area (Å²) in [7, 11) is -2.64. The van der Waals surface area contributed by atoms with Crippen LogP contribution < -0.4 is 5.30 Å². The highest BCUT2D eigenvalue weighted by Gasteiger charge is 2.39. The van der Waals surface area contributed by atoms with Crippen LogP contribution in [0, 0.1) is 0 Å². The molecule has 0 aliphatic carbocycles. The van der Waals surface area contributed by atoms with Crippen molar-refractivity contribution in [2.24, 2.45) is 0 Å². The normalized spacial score (nSPS) is 15.5. The van der Waals surface area contributed by atoms with Gasteiger partial charge in [0.25, 0.3) is 0 Å². The third-order valence-electron chi connectivity index (χ3n) is 2.93. The van der Waals surface area contributed by atoms with Crippen LogP contribution in [0.5, 0.6) is 0 Å². The number of rotatable bonds is 2. The number of nitrogens with zero attached hydrogens (tertiary/aromatic N) is 1. The average Bonchev–Trinajstić information content (AvgIpc) is 2.81. The van der Waals surface area contributed by atoms with Crippen molar-refractivity contribution in [3.8, 4) is 0 Å². The Kier molecular flexibility index (Phi) is 3.01. The molecule has 1 heterocycles. The number of hydrogen-bond acceptors (Lipinski definition) is 1. The monoisotopic (exact) mass is 247 g/mol. The van der Waals surface area contributed by atoms with Gasteiger partial charge in [-0.2, -0.15) is 0 Å². The minimum absolute atomic E-state index is 0.298. The Balaban J connectivity index is 2.66. The van der Waals surface area contributed by atoms with Gasteiger partial charge in [-0.1, -0.05) is 39.0 Å². The quantitative estimate of drug-likeness (QED) is 0.741. The summed E-state index contributed by atoms with van der Waals surface area (Å²) in [5, 5.41) is 0.608. The van der Waals surface area contributed by atoms with E-state index in [0.29, 0.717) is 0 Å². The van der Waals surface area contributed by atoms with Crippen molar-refractivity contribution in [2.45, 2.75) is 25.9 Å². The fraction of sp³-hybridized carbons (Fsp3) is 0.286. The summed E-state index contributed by atoms with van der Waals surface area (Å²) in [5.74, 6) is 0. The molecular weight excluding hydrogens is 229 g/mol. The molecular formula is C14H18NOP. The number of aromatic nitrogens is 1. The molecule has 0 fully saturated rings. The molecule has 1 atom stereocenters. The molecule has 17 heavy (non-hydrogen) atoms. The van der Waals surface area contributed by atoms with Gasteiger partial charge in [0.15, 0.2) is 0 Å². The Labute approximate surface area is 103 Å². The maximum Gasteiger partial charge on any atom is 0.209 e. The van der Waals surface area contributed by atoms with Crippen molar-refractivity contribution in [2.75, 3.05) is 0 Å². The van der Waals surface area contributed by atoms with Crippen LogP contribution in [-0.4, -0.2) is 9.49 Å². The SMILES string of the molecule is CC(C)(C)[P@@](=O)(c1ccccc1)n1cccc1. The van der Waals surface area contributed by atoms with Crippen LogP contribution in [0.25, 0.3) is 0 Å². The highest BCUT2D eigenvalue weighted by Crippen LogP contribution is 2.57. The average molecular weight is 247 g/mol. The molecule has 0 N–H and O–H groups in total. The smallest absolute Gasteiger partial charge is 0.209 e. The zero-order valence-electron chi connectivity index (χ0n) is 10.5. The first-order valence-corrected chi connectivity index (χ1v) is 7.42. The lowest BCUT2D eigenvalue weighted by molar-refractivity contribution is 0.548. The van der Waals surface area contributed by atoms with Gasteiger partial charge in [0.05, 0.1) is 0 Å². The summed E-state index contributed by atoms with van der Waals surface area (Å²) in [5.41, 5.74) is 0. The Hall–Kier alpha value is -1.27. The zero-order chi connectivity index (χ0) is 12.5. The Morgan fingerprint density at radius 1 is 0.941 bits per heavy atom. The Morgan fingerprint density at radius 2 is 1.47 bits per heavy atom.